The Morgan fingerprint density at radius 2 is 1.73 bits per heavy atom. The Labute approximate surface area is 217 Å². The lowest BCUT2D eigenvalue weighted by atomic mass is 10.1. The first kappa shape index (κ1) is 24.8. The molecule has 192 valence electrons. The molecule has 2 unspecified atom stereocenters. The fraction of sp³-hybridized carbons (Fsp3) is 0.333. The summed E-state index contributed by atoms with van der Waals surface area (Å²) in [5.41, 5.74) is 10.7. The summed E-state index contributed by atoms with van der Waals surface area (Å²) in [5, 5.41) is 9.33. The maximum Gasteiger partial charge on any atom is 0.407 e. The van der Waals surface area contributed by atoms with Gasteiger partial charge in [-0.15, -0.1) is 0 Å². The van der Waals surface area contributed by atoms with Crippen LogP contribution in [0.5, 0.6) is 0 Å². The Kier molecular flexibility index (Phi) is 7.42. The molecule has 0 heterocycles. The number of nitrogens with two attached hydrogens (primary N) is 1. The first-order valence-electron chi connectivity index (χ1n) is 13.0. The van der Waals surface area contributed by atoms with Crippen LogP contribution in [0.15, 0.2) is 72.8 Å². The van der Waals surface area contributed by atoms with Gasteiger partial charge in [-0.05, 0) is 79.6 Å². The number of rotatable bonds is 10. The van der Waals surface area contributed by atoms with E-state index in [4.69, 9.17) is 10.5 Å². The summed E-state index contributed by atoms with van der Waals surface area (Å²) in [5.74, 6) is 1.26. The second-order valence-corrected chi connectivity index (χ2v) is 10.1. The van der Waals surface area contributed by atoms with Gasteiger partial charge in [-0.3, -0.25) is 4.79 Å². The van der Waals surface area contributed by atoms with Crippen molar-refractivity contribution in [2.75, 3.05) is 17.6 Å². The van der Waals surface area contributed by atoms with Crippen LogP contribution in [-0.4, -0.2) is 24.6 Å². The molecule has 0 spiro atoms. The molecule has 0 aliphatic heterocycles. The van der Waals surface area contributed by atoms with Gasteiger partial charge < -0.3 is 26.4 Å². The first-order chi connectivity index (χ1) is 18.0. The predicted octanol–water partition coefficient (Wildman–Crippen LogP) is 5.36. The lowest BCUT2D eigenvalue weighted by Crippen LogP contribution is -2.27. The second-order valence-electron chi connectivity index (χ2n) is 10.1. The predicted molar refractivity (Wildman–Crippen MR) is 145 cm³/mol. The van der Waals surface area contributed by atoms with Crippen LogP contribution in [0.1, 0.15) is 65.2 Å². The van der Waals surface area contributed by atoms with Gasteiger partial charge in [0.05, 0.1) is 17.4 Å². The SMILES string of the molecule is C[C@H](NC(=O)OCc1ccc(C2CC2NCC2CC2)cc1)c1ccc(C(=O)Nc2ccccc2N)cc1. The monoisotopic (exact) mass is 498 g/mol. The minimum atomic E-state index is -0.482. The van der Waals surface area contributed by atoms with Crippen molar-refractivity contribution in [3.8, 4) is 0 Å². The second kappa shape index (κ2) is 11.0. The zero-order valence-electron chi connectivity index (χ0n) is 21.1. The Bertz CT molecular complexity index is 1240. The minimum Gasteiger partial charge on any atom is -0.445 e. The third-order valence-electron chi connectivity index (χ3n) is 7.15. The van der Waals surface area contributed by atoms with Crippen LogP contribution in [0.2, 0.25) is 0 Å². The molecule has 2 aliphatic rings. The van der Waals surface area contributed by atoms with Crippen molar-refractivity contribution < 1.29 is 14.3 Å². The molecule has 7 nitrogen and oxygen atoms in total. The molecule has 3 aromatic rings. The summed E-state index contributed by atoms with van der Waals surface area (Å²) >= 11 is 0. The molecule has 5 rings (SSSR count). The Balaban J connectivity index is 1.05. The standard InChI is InChI=1S/C30H34N4O3/c1-19(22-12-14-24(15-13-22)29(35)34-27-5-3-2-4-26(27)31)33-30(36)37-18-21-8-10-23(11-9-21)25-16-28(25)32-17-20-6-7-20/h2-5,8-15,19-20,25,28,32H,6-7,16-18,31H2,1H3,(H,33,36)(H,34,35)/t19-,25?,28?/m0/s1. The summed E-state index contributed by atoms with van der Waals surface area (Å²) in [6.07, 6.45) is 3.48. The third kappa shape index (κ3) is 6.68. The van der Waals surface area contributed by atoms with Gasteiger partial charge in [0, 0.05) is 17.5 Å². The molecule has 0 radical (unpaired) electrons. The van der Waals surface area contributed by atoms with Crippen molar-refractivity contribution in [2.45, 2.75) is 50.8 Å². The molecule has 2 aliphatic carbocycles. The molecular formula is C30H34N4O3. The first-order valence-corrected chi connectivity index (χ1v) is 13.0. The normalized spacial score (nSPS) is 19.1. The number of anilines is 2. The van der Waals surface area contributed by atoms with Crippen molar-refractivity contribution in [3.05, 3.63) is 95.1 Å². The highest BCUT2D eigenvalue weighted by atomic mass is 16.5. The van der Waals surface area contributed by atoms with Gasteiger partial charge in [-0.25, -0.2) is 4.79 Å². The number of nitrogen functional groups attached to an aromatic ring is 1. The molecule has 7 heteroatoms. The highest BCUT2D eigenvalue weighted by Gasteiger charge is 2.38. The topological polar surface area (TPSA) is 105 Å². The van der Waals surface area contributed by atoms with E-state index in [0.717, 1.165) is 23.6 Å². The number of hydrogen-bond acceptors (Lipinski definition) is 5. The van der Waals surface area contributed by atoms with E-state index in [-0.39, 0.29) is 18.6 Å². The molecule has 0 saturated heterocycles. The largest absolute Gasteiger partial charge is 0.445 e. The number of carbonyl (C=O) groups is 2. The number of nitrogens with one attached hydrogen (secondary N) is 3. The highest BCUT2D eigenvalue weighted by molar-refractivity contribution is 6.05. The smallest absolute Gasteiger partial charge is 0.407 e. The molecule has 2 amide bonds. The van der Waals surface area contributed by atoms with Gasteiger partial charge in [-0.1, -0.05) is 48.5 Å². The van der Waals surface area contributed by atoms with E-state index in [1.807, 2.05) is 43.3 Å². The van der Waals surface area contributed by atoms with Gasteiger partial charge in [0.15, 0.2) is 0 Å². The Hall–Kier alpha value is -3.84. The Morgan fingerprint density at radius 1 is 1.00 bits per heavy atom. The van der Waals surface area contributed by atoms with E-state index in [0.29, 0.717) is 28.9 Å². The number of carbonyl (C=O) groups excluding carboxylic acids is 2. The molecule has 0 aromatic heterocycles. The number of alkyl carbamates (subject to hydrolysis) is 1. The molecule has 3 aromatic carbocycles. The van der Waals surface area contributed by atoms with Crippen LogP contribution in [0, 0.1) is 5.92 Å². The average molecular weight is 499 g/mol. The fourth-order valence-corrected chi connectivity index (χ4v) is 4.47. The van der Waals surface area contributed by atoms with Gasteiger partial charge in [-0.2, -0.15) is 0 Å². The zero-order valence-corrected chi connectivity index (χ0v) is 21.1. The number of benzene rings is 3. The molecule has 37 heavy (non-hydrogen) atoms. The van der Waals surface area contributed by atoms with Crippen molar-refractivity contribution in [3.63, 3.8) is 0 Å². The van der Waals surface area contributed by atoms with E-state index in [9.17, 15) is 9.59 Å². The Morgan fingerprint density at radius 3 is 2.43 bits per heavy atom. The van der Waals surface area contributed by atoms with Gasteiger partial charge in [0.25, 0.3) is 5.91 Å². The number of hydrogen-bond donors (Lipinski definition) is 4. The lowest BCUT2D eigenvalue weighted by molar-refractivity contribution is 0.102. The van der Waals surface area contributed by atoms with E-state index in [1.54, 1.807) is 24.3 Å². The zero-order chi connectivity index (χ0) is 25.8. The lowest BCUT2D eigenvalue weighted by Gasteiger charge is -2.15. The van der Waals surface area contributed by atoms with Crippen LogP contribution >= 0.6 is 0 Å². The summed E-state index contributed by atoms with van der Waals surface area (Å²) in [6, 6.07) is 22.9. The van der Waals surface area contributed by atoms with Crippen molar-refractivity contribution in [1.29, 1.82) is 0 Å². The van der Waals surface area contributed by atoms with Crippen molar-refractivity contribution in [1.82, 2.24) is 10.6 Å². The van der Waals surface area contributed by atoms with E-state index >= 15 is 0 Å². The van der Waals surface area contributed by atoms with Crippen LogP contribution in [0.25, 0.3) is 0 Å². The fourth-order valence-electron chi connectivity index (χ4n) is 4.47. The van der Waals surface area contributed by atoms with Gasteiger partial charge >= 0.3 is 6.09 Å². The van der Waals surface area contributed by atoms with Crippen LogP contribution in [0.4, 0.5) is 16.2 Å². The molecule has 3 atom stereocenters. The summed E-state index contributed by atoms with van der Waals surface area (Å²) in [7, 11) is 0. The molecule has 5 N–H and O–H groups in total. The summed E-state index contributed by atoms with van der Waals surface area (Å²) in [4.78, 5) is 24.9. The van der Waals surface area contributed by atoms with E-state index in [1.165, 1.54) is 24.8 Å². The van der Waals surface area contributed by atoms with Crippen LogP contribution in [0.3, 0.4) is 0 Å². The average Bonchev–Trinajstić information content (AvgIpc) is 3.83. The van der Waals surface area contributed by atoms with Crippen molar-refractivity contribution >= 4 is 23.4 Å². The van der Waals surface area contributed by atoms with Crippen molar-refractivity contribution in [2.24, 2.45) is 5.92 Å². The maximum atomic E-state index is 12.5. The molecular weight excluding hydrogens is 464 g/mol. The van der Waals surface area contributed by atoms with Crippen LogP contribution in [-0.2, 0) is 11.3 Å². The van der Waals surface area contributed by atoms with Crippen LogP contribution < -0.4 is 21.7 Å². The third-order valence-corrected chi connectivity index (χ3v) is 7.15. The summed E-state index contributed by atoms with van der Waals surface area (Å²) in [6.45, 7) is 3.25. The number of para-hydroxylation sites is 2. The van der Waals surface area contributed by atoms with Gasteiger partial charge in [0.2, 0.25) is 0 Å². The van der Waals surface area contributed by atoms with E-state index in [2.05, 4.69) is 28.1 Å². The number of amides is 2. The van der Waals surface area contributed by atoms with Gasteiger partial charge in [0.1, 0.15) is 6.61 Å². The highest BCUT2D eigenvalue weighted by Crippen LogP contribution is 2.41. The summed E-state index contributed by atoms with van der Waals surface area (Å²) < 4.78 is 5.43. The quantitative estimate of drug-likeness (QED) is 0.282. The molecule has 0 bridgehead atoms. The molecule has 2 fully saturated rings. The number of ether oxygens (including phenoxy) is 1. The maximum absolute atomic E-state index is 12.5. The minimum absolute atomic E-state index is 0.217. The van der Waals surface area contributed by atoms with E-state index < -0.39 is 6.09 Å². The molecule has 2 saturated carbocycles.